The van der Waals surface area contributed by atoms with E-state index in [2.05, 4.69) is 29.6 Å². The number of fused-ring (bicyclic) bond motifs is 1. The Morgan fingerprint density at radius 1 is 0.481 bits per heavy atom. The van der Waals surface area contributed by atoms with Gasteiger partial charge in [0.25, 0.3) is 0 Å². The van der Waals surface area contributed by atoms with Gasteiger partial charge in [-0.15, -0.1) is 0 Å². The molecule has 0 atom stereocenters. The molecular formula is C68H64B4N8O26. The summed E-state index contributed by atoms with van der Waals surface area (Å²) >= 11 is 0. The number of nitriles is 2. The highest BCUT2D eigenvalue weighted by Crippen LogP contribution is 2.34. The quantitative estimate of drug-likeness (QED) is 0.0111. The summed E-state index contributed by atoms with van der Waals surface area (Å²) in [5, 5.41) is 84.2. The summed E-state index contributed by atoms with van der Waals surface area (Å²) in [4.78, 5) is 67.9. The molecule has 1 aliphatic heterocycles. The van der Waals surface area contributed by atoms with Crippen LogP contribution < -0.4 is 59.7 Å². The third-order valence-corrected chi connectivity index (χ3v) is 14.1. The summed E-state index contributed by atoms with van der Waals surface area (Å²) in [6, 6.07) is 33.1. The molecule has 0 unspecified atom stereocenters. The first kappa shape index (κ1) is 80.9. The number of esters is 4. The van der Waals surface area contributed by atoms with Crippen LogP contribution in [0.4, 0.5) is 11.4 Å². The highest BCUT2D eigenvalue weighted by atomic mass is 16.6. The van der Waals surface area contributed by atoms with E-state index in [4.69, 9.17) is 83.8 Å². The average Bonchev–Trinajstić information content (AvgIpc) is 0.957. The Bertz CT molecular complexity index is 4450. The highest BCUT2D eigenvalue weighted by Gasteiger charge is 2.37. The van der Waals surface area contributed by atoms with Gasteiger partial charge >= 0.3 is 52.4 Å². The van der Waals surface area contributed by atoms with E-state index in [1.807, 2.05) is 12.1 Å². The van der Waals surface area contributed by atoms with Crippen LogP contribution in [0.2, 0.25) is 0 Å². The Labute approximate surface area is 606 Å². The van der Waals surface area contributed by atoms with Crippen molar-refractivity contribution in [1.82, 2.24) is 19.9 Å². The summed E-state index contributed by atoms with van der Waals surface area (Å²) in [5.41, 5.74) is 2.27. The van der Waals surface area contributed by atoms with Crippen molar-refractivity contribution in [2.24, 2.45) is 0 Å². The minimum absolute atomic E-state index is 0. The molecular weight excluding hydrogens is 1390 g/mol. The van der Waals surface area contributed by atoms with Crippen LogP contribution in [-0.4, -0.2) is 161 Å². The topological polar surface area (TPSA) is 467 Å². The van der Waals surface area contributed by atoms with Crippen molar-refractivity contribution < 1.29 is 126 Å². The number of carbonyl (C=O) groups is 4. The first-order chi connectivity index (χ1) is 50.7. The van der Waals surface area contributed by atoms with E-state index >= 15 is 0 Å². The summed E-state index contributed by atoms with van der Waals surface area (Å²) < 4.78 is 82.3. The minimum atomic E-state index is -1.94. The highest BCUT2D eigenvalue weighted by molar-refractivity contribution is 6.79. The van der Waals surface area contributed by atoms with Crippen molar-refractivity contribution in [2.75, 3.05) is 52.9 Å². The molecule has 0 radical (unpaired) electrons. The fourth-order valence-corrected chi connectivity index (χ4v) is 9.35. The van der Waals surface area contributed by atoms with Gasteiger partial charge in [-0.25, -0.2) is 9.69 Å². The monoisotopic (exact) mass is 1450 g/mol. The maximum absolute atomic E-state index is 11.8. The Hall–Kier alpha value is -12.4. The van der Waals surface area contributed by atoms with Crippen LogP contribution in [-0.2, 0) is 78.4 Å². The number of aromatic nitrogens is 4. The van der Waals surface area contributed by atoms with Crippen molar-refractivity contribution in [1.29, 1.82) is 10.5 Å². The Morgan fingerprint density at radius 2 is 0.811 bits per heavy atom. The zero-order valence-corrected chi connectivity index (χ0v) is 56.9. The van der Waals surface area contributed by atoms with Crippen molar-refractivity contribution in [3.05, 3.63) is 178 Å². The van der Waals surface area contributed by atoms with Crippen molar-refractivity contribution in [2.45, 2.75) is 54.1 Å². The van der Waals surface area contributed by atoms with Gasteiger partial charge in [0.15, 0.2) is 0 Å². The number of benzene rings is 4. The van der Waals surface area contributed by atoms with E-state index in [1.165, 1.54) is 125 Å². The molecule has 0 spiro atoms. The van der Waals surface area contributed by atoms with Gasteiger partial charge in [0.2, 0.25) is 58.4 Å². The SMILES string of the molecule is O.[C-]#[N+]c1ccc(Oc2ccc(B(O)OB(OB(O)c3ccc(Oc4ccc(C#N)c(OCCOC(C)=O)n4)cc3CO)c3ccc(Oc4ccc(C#N)c(OCCOC(C)=O)n4)cc3CO)c(CO)c2)nc1OCCOC(C)=O.[C-]#[N+]c1ccc(Oc2ccc3c(c2)COB3O)nc1OCCOC(C)=O. The zero-order valence-electron chi connectivity index (χ0n) is 56.9. The lowest BCUT2D eigenvalue weighted by molar-refractivity contribution is -0.142. The Morgan fingerprint density at radius 3 is 1.17 bits per heavy atom. The maximum Gasteiger partial charge on any atom is 0.491 e. The number of aliphatic hydroxyl groups is 3. The molecule has 9 rings (SSSR count). The zero-order chi connectivity index (χ0) is 75.4. The Kier molecular flexibility index (Phi) is 30.9. The van der Waals surface area contributed by atoms with Crippen LogP contribution in [0.5, 0.6) is 70.0 Å². The van der Waals surface area contributed by atoms with Crippen LogP contribution in [0.3, 0.4) is 0 Å². The van der Waals surface area contributed by atoms with E-state index < -0.39 is 72.2 Å². The summed E-state index contributed by atoms with van der Waals surface area (Å²) in [6.07, 6.45) is 0. The van der Waals surface area contributed by atoms with Crippen molar-refractivity contribution in [3.63, 3.8) is 0 Å². The molecule has 0 amide bonds. The number of aliphatic hydroxyl groups excluding tert-OH is 3. The molecule has 5 heterocycles. The van der Waals surface area contributed by atoms with E-state index in [9.17, 15) is 60.1 Å². The summed E-state index contributed by atoms with van der Waals surface area (Å²) in [5.74, 6) is -1.15. The number of hydrogen-bond acceptors (Lipinski definition) is 31. The number of hydrogen-bond donors (Lipinski definition) is 6. The molecule has 34 nitrogen and oxygen atoms in total. The van der Waals surface area contributed by atoms with E-state index in [0.717, 1.165) is 5.56 Å². The van der Waals surface area contributed by atoms with Crippen molar-refractivity contribution >= 4 is 85.6 Å². The fourth-order valence-electron chi connectivity index (χ4n) is 9.35. The average molecular weight is 1450 g/mol. The lowest BCUT2D eigenvalue weighted by atomic mass is 9.65. The number of rotatable bonds is 34. The Balaban J connectivity index is 0.000000485. The molecule has 4 aromatic heterocycles. The van der Waals surface area contributed by atoms with E-state index in [0.29, 0.717) is 17.8 Å². The molecule has 38 heteroatoms. The maximum atomic E-state index is 11.8. The van der Waals surface area contributed by atoms with Gasteiger partial charge in [0, 0.05) is 39.8 Å². The molecule has 8 aromatic rings. The van der Waals surface area contributed by atoms with Crippen molar-refractivity contribution in [3.8, 4) is 82.2 Å². The first-order valence-electron chi connectivity index (χ1n) is 31.4. The normalized spacial score (nSPS) is 10.8. The molecule has 1 aliphatic rings. The largest absolute Gasteiger partial charge is 0.491 e. The van der Waals surface area contributed by atoms with Crippen LogP contribution in [0, 0.1) is 35.8 Å². The van der Waals surface area contributed by atoms with Gasteiger partial charge in [0.05, 0.1) is 39.6 Å². The van der Waals surface area contributed by atoms with E-state index in [1.54, 1.807) is 24.3 Å². The second kappa shape index (κ2) is 40.4. The minimum Gasteiger partial charge on any atom is -0.483 e. The first-order valence-corrected chi connectivity index (χ1v) is 31.4. The lowest BCUT2D eigenvalue weighted by Crippen LogP contribution is -2.53. The molecule has 8 N–H and O–H groups in total. The third-order valence-electron chi connectivity index (χ3n) is 14.1. The molecule has 0 fully saturated rings. The van der Waals surface area contributed by atoms with Gasteiger partial charge in [-0.1, -0.05) is 24.3 Å². The smallest absolute Gasteiger partial charge is 0.483 e. The van der Waals surface area contributed by atoms with Gasteiger partial charge in [-0.3, -0.25) is 19.2 Å². The number of pyridine rings is 4. The third kappa shape index (κ3) is 23.6. The predicted octanol–water partition coefficient (Wildman–Crippen LogP) is 3.11. The number of ether oxygens (including phenoxy) is 12. The molecule has 4 aromatic carbocycles. The second-order valence-electron chi connectivity index (χ2n) is 21.5. The number of carbonyl (C=O) groups excluding carboxylic acids is 4. The van der Waals surface area contributed by atoms with Crippen LogP contribution in [0.15, 0.2) is 121 Å². The van der Waals surface area contributed by atoms with Gasteiger partial charge in [-0.05, 0) is 129 Å². The van der Waals surface area contributed by atoms with Crippen LogP contribution >= 0.6 is 0 Å². The molecule has 0 saturated carbocycles. The lowest BCUT2D eigenvalue weighted by Gasteiger charge is -2.23. The standard InChI is InChI=1S/C51H47B3N6O19.C17H15BN2O6.H2O/c1-31(64)69-17-20-72-49-34(26-55)5-14-46(58-49)75-39-7-10-42(36(23-39)28-61)52(67)78-54(44-12-9-41(25-38(44)30-63)76-47-15-6-35(27-56)50(59-47)73-21-18-70-32(2)65)79-53(68)43-11-8-40(24-37(43)29-62)77-48-16-13-45(57-4)51(60-48)74-22-19-71-33(3)66;1-11(21)23-7-8-24-17-15(19-2)5-6-16(20-17)26-13-3-4-14-12(9-13)10-25-18(14)22;/h5-16,23-25,61-63,67-68H,17-22,28-30H2,1-3H3;3-6,9,22H,7-8,10H2,1H3;1H2. The molecule has 0 bridgehead atoms. The predicted molar refractivity (Wildman–Crippen MR) is 370 cm³/mol. The molecule has 0 saturated heterocycles. The second-order valence-corrected chi connectivity index (χ2v) is 21.5. The van der Waals surface area contributed by atoms with Gasteiger partial charge in [-0.2, -0.15) is 30.5 Å². The van der Waals surface area contributed by atoms with Crippen LogP contribution in [0.1, 0.15) is 61.1 Å². The van der Waals surface area contributed by atoms with Gasteiger partial charge < -0.3 is 107 Å². The van der Waals surface area contributed by atoms with E-state index in [-0.39, 0.29) is 178 Å². The van der Waals surface area contributed by atoms with Crippen LogP contribution in [0.25, 0.3) is 9.69 Å². The number of nitrogens with zero attached hydrogens (tertiary/aromatic N) is 8. The van der Waals surface area contributed by atoms with Gasteiger partial charge in [0.1, 0.15) is 99.1 Å². The fraction of sp³-hybridized carbons (Fsp3) is 0.235. The molecule has 106 heavy (non-hydrogen) atoms. The summed E-state index contributed by atoms with van der Waals surface area (Å²) in [7, 11) is -6.54. The molecule has 0 aliphatic carbocycles. The molecule has 544 valence electrons. The summed E-state index contributed by atoms with van der Waals surface area (Å²) in [6.45, 7) is 17.4.